The van der Waals surface area contributed by atoms with Crippen molar-refractivity contribution in [2.24, 2.45) is 0 Å². The third-order valence-corrected chi connectivity index (χ3v) is 5.84. The molecule has 0 saturated heterocycles. The van der Waals surface area contributed by atoms with E-state index in [0.717, 1.165) is 11.1 Å². The first kappa shape index (κ1) is 18.0. The molecule has 132 valence electrons. The van der Waals surface area contributed by atoms with Crippen molar-refractivity contribution in [1.29, 1.82) is 0 Å². The fourth-order valence-corrected chi connectivity index (χ4v) is 3.98. The summed E-state index contributed by atoms with van der Waals surface area (Å²) in [6, 6.07) is 9.90. The van der Waals surface area contributed by atoms with E-state index in [-0.39, 0.29) is 6.61 Å². The van der Waals surface area contributed by atoms with Gasteiger partial charge in [0.1, 0.15) is 6.61 Å². The molecule has 0 aliphatic carbocycles. The molecule has 0 bridgehead atoms. The highest BCUT2D eigenvalue weighted by atomic mass is 35.5. The van der Waals surface area contributed by atoms with Crippen molar-refractivity contribution in [3.8, 4) is 0 Å². The molecule has 2 aromatic rings. The number of carbonyl (C=O) groups excluding carboxylic acids is 1. The predicted molar refractivity (Wildman–Crippen MR) is 97.9 cm³/mol. The lowest BCUT2D eigenvalue weighted by Crippen LogP contribution is -2.27. The van der Waals surface area contributed by atoms with E-state index in [1.54, 1.807) is 36.4 Å². The van der Waals surface area contributed by atoms with Crippen LogP contribution in [0.5, 0.6) is 0 Å². The van der Waals surface area contributed by atoms with Crippen LogP contribution in [0.3, 0.4) is 0 Å². The lowest BCUT2D eigenvalue weighted by molar-refractivity contribution is 0.0472. The minimum Gasteiger partial charge on any atom is -0.457 e. The number of nitrogens with zero attached hydrogens (tertiary/aromatic N) is 1. The van der Waals surface area contributed by atoms with E-state index in [1.165, 1.54) is 10.6 Å². The van der Waals surface area contributed by atoms with E-state index in [1.807, 2.05) is 0 Å². The molecule has 0 amide bonds. The number of fused-ring (bicyclic) bond motifs is 1. The van der Waals surface area contributed by atoms with Crippen molar-refractivity contribution in [3.63, 3.8) is 0 Å². The standard InChI is InChI=1S/C17H15Cl2NO4S/c1-25(22,23)20-7-6-12-9-13(3-5-16(12)20)17(21)24-10-11-2-4-14(18)15(19)8-11/h2-5,8-9H,6-7,10H2,1H3. The van der Waals surface area contributed by atoms with E-state index in [0.29, 0.717) is 34.3 Å². The minimum absolute atomic E-state index is 0.0717. The second kappa shape index (κ2) is 6.86. The van der Waals surface area contributed by atoms with Gasteiger partial charge in [0, 0.05) is 6.54 Å². The molecule has 25 heavy (non-hydrogen) atoms. The number of hydrogen-bond donors (Lipinski definition) is 0. The Bertz CT molecular complexity index is 944. The summed E-state index contributed by atoms with van der Waals surface area (Å²) in [6.07, 6.45) is 1.73. The molecule has 0 saturated carbocycles. The topological polar surface area (TPSA) is 63.7 Å². The summed E-state index contributed by atoms with van der Waals surface area (Å²) >= 11 is 11.8. The van der Waals surface area contributed by atoms with Crippen LogP contribution in [-0.2, 0) is 27.8 Å². The first-order valence-corrected chi connectivity index (χ1v) is 10.1. The van der Waals surface area contributed by atoms with Crippen molar-refractivity contribution in [1.82, 2.24) is 0 Å². The van der Waals surface area contributed by atoms with Crippen LogP contribution in [-0.4, -0.2) is 27.2 Å². The molecule has 0 aromatic heterocycles. The zero-order chi connectivity index (χ0) is 18.2. The number of sulfonamides is 1. The van der Waals surface area contributed by atoms with Crippen LogP contribution in [0.2, 0.25) is 10.0 Å². The van der Waals surface area contributed by atoms with Gasteiger partial charge in [0.25, 0.3) is 0 Å². The number of ether oxygens (including phenoxy) is 1. The van der Waals surface area contributed by atoms with Gasteiger partial charge in [-0.15, -0.1) is 0 Å². The molecule has 3 rings (SSSR count). The Kier molecular flexibility index (Phi) is 4.95. The molecule has 5 nitrogen and oxygen atoms in total. The zero-order valence-electron chi connectivity index (χ0n) is 13.3. The molecule has 8 heteroatoms. The molecule has 0 spiro atoms. The van der Waals surface area contributed by atoms with Crippen molar-refractivity contribution in [2.75, 3.05) is 17.1 Å². The third kappa shape index (κ3) is 3.92. The summed E-state index contributed by atoms with van der Waals surface area (Å²) in [5.74, 6) is -0.480. The lowest BCUT2D eigenvalue weighted by Gasteiger charge is -2.16. The first-order chi connectivity index (χ1) is 11.8. The summed E-state index contributed by atoms with van der Waals surface area (Å²) in [6.45, 7) is 0.457. The highest BCUT2D eigenvalue weighted by Gasteiger charge is 2.26. The summed E-state index contributed by atoms with van der Waals surface area (Å²) in [4.78, 5) is 12.2. The maximum atomic E-state index is 12.2. The van der Waals surface area contributed by atoms with Crippen molar-refractivity contribution in [3.05, 3.63) is 63.1 Å². The Morgan fingerprint density at radius 2 is 1.92 bits per heavy atom. The quantitative estimate of drug-likeness (QED) is 0.735. The van der Waals surface area contributed by atoms with Gasteiger partial charge in [-0.05, 0) is 47.9 Å². The van der Waals surface area contributed by atoms with Crippen LogP contribution in [0.4, 0.5) is 5.69 Å². The van der Waals surface area contributed by atoms with Crippen LogP contribution < -0.4 is 4.31 Å². The van der Waals surface area contributed by atoms with E-state index in [4.69, 9.17) is 27.9 Å². The molecule has 1 heterocycles. The monoisotopic (exact) mass is 399 g/mol. The number of halogens is 2. The van der Waals surface area contributed by atoms with Gasteiger partial charge in [0.05, 0.1) is 27.6 Å². The molecule has 0 fully saturated rings. The largest absolute Gasteiger partial charge is 0.457 e. The molecular weight excluding hydrogens is 385 g/mol. The SMILES string of the molecule is CS(=O)(=O)N1CCc2cc(C(=O)OCc3ccc(Cl)c(Cl)c3)ccc21. The number of anilines is 1. The number of carbonyl (C=O) groups is 1. The fourth-order valence-electron chi connectivity index (χ4n) is 2.70. The Balaban J connectivity index is 1.72. The number of benzene rings is 2. The summed E-state index contributed by atoms with van der Waals surface area (Å²) in [7, 11) is -3.31. The average molecular weight is 400 g/mol. The van der Waals surface area contributed by atoms with Crippen molar-refractivity contribution < 1.29 is 17.9 Å². The van der Waals surface area contributed by atoms with E-state index in [9.17, 15) is 13.2 Å². The van der Waals surface area contributed by atoms with Crippen molar-refractivity contribution in [2.45, 2.75) is 13.0 Å². The molecule has 1 aliphatic heterocycles. The molecule has 2 aromatic carbocycles. The third-order valence-electron chi connectivity index (χ3n) is 3.92. The van der Waals surface area contributed by atoms with Gasteiger partial charge in [0.15, 0.2) is 0 Å². The van der Waals surface area contributed by atoms with Gasteiger partial charge >= 0.3 is 5.97 Å². The van der Waals surface area contributed by atoms with Crippen LogP contribution >= 0.6 is 23.2 Å². The van der Waals surface area contributed by atoms with E-state index < -0.39 is 16.0 Å². The van der Waals surface area contributed by atoms with Gasteiger partial charge in [-0.3, -0.25) is 4.31 Å². The van der Waals surface area contributed by atoms with E-state index >= 15 is 0 Å². The zero-order valence-corrected chi connectivity index (χ0v) is 15.7. The summed E-state index contributed by atoms with van der Waals surface area (Å²) in [5.41, 5.74) is 2.54. The van der Waals surface area contributed by atoms with Gasteiger partial charge in [-0.25, -0.2) is 13.2 Å². The maximum absolute atomic E-state index is 12.2. The van der Waals surface area contributed by atoms with Crippen LogP contribution in [0, 0.1) is 0 Å². The highest BCUT2D eigenvalue weighted by Crippen LogP contribution is 2.31. The maximum Gasteiger partial charge on any atom is 0.338 e. The Morgan fingerprint density at radius 3 is 2.60 bits per heavy atom. The highest BCUT2D eigenvalue weighted by molar-refractivity contribution is 7.92. The molecule has 0 radical (unpaired) electrons. The first-order valence-electron chi connectivity index (χ1n) is 7.47. The summed E-state index contributed by atoms with van der Waals surface area (Å²) < 4.78 is 30.1. The fraction of sp³-hybridized carbons (Fsp3) is 0.235. The van der Waals surface area contributed by atoms with Gasteiger partial charge in [0.2, 0.25) is 10.0 Å². The number of esters is 1. The number of hydrogen-bond acceptors (Lipinski definition) is 4. The van der Waals surface area contributed by atoms with E-state index in [2.05, 4.69) is 0 Å². The Hall–Kier alpha value is -1.76. The van der Waals surface area contributed by atoms with Crippen LogP contribution in [0.1, 0.15) is 21.5 Å². The molecule has 0 atom stereocenters. The number of rotatable bonds is 4. The van der Waals surface area contributed by atoms with Gasteiger partial charge < -0.3 is 4.74 Å². The second-order valence-electron chi connectivity index (χ2n) is 5.75. The predicted octanol–water partition coefficient (Wildman–Crippen LogP) is 3.67. The molecule has 1 aliphatic rings. The molecule has 0 unspecified atom stereocenters. The van der Waals surface area contributed by atoms with Crippen LogP contribution in [0.25, 0.3) is 0 Å². The minimum atomic E-state index is -3.31. The Labute approximate surface area is 156 Å². The normalized spacial score (nSPS) is 13.6. The van der Waals surface area contributed by atoms with Gasteiger partial charge in [-0.1, -0.05) is 29.3 Å². The molecular formula is C17H15Cl2NO4S. The summed E-state index contributed by atoms with van der Waals surface area (Å²) in [5, 5.41) is 0.833. The average Bonchev–Trinajstić information content (AvgIpc) is 2.99. The smallest absolute Gasteiger partial charge is 0.338 e. The second-order valence-corrected chi connectivity index (χ2v) is 8.47. The Morgan fingerprint density at radius 1 is 1.16 bits per heavy atom. The van der Waals surface area contributed by atoms with Crippen molar-refractivity contribution >= 4 is 44.9 Å². The molecule has 0 N–H and O–H groups in total. The van der Waals surface area contributed by atoms with Gasteiger partial charge in [-0.2, -0.15) is 0 Å². The van der Waals surface area contributed by atoms with Crippen LogP contribution in [0.15, 0.2) is 36.4 Å². The lowest BCUT2D eigenvalue weighted by atomic mass is 10.1.